The third-order valence-corrected chi connectivity index (χ3v) is 5.67. The van der Waals surface area contributed by atoms with E-state index in [2.05, 4.69) is 5.32 Å². The van der Waals surface area contributed by atoms with Crippen LogP contribution in [0.5, 0.6) is 11.5 Å². The number of hydrogen-bond donors (Lipinski definition) is 2. The Morgan fingerprint density at radius 3 is 2.24 bits per heavy atom. The van der Waals surface area contributed by atoms with E-state index in [4.69, 9.17) is 14.6 Å². The molecule has 1 fully saturated rings. The molecule has 1 saturated carbocycles. The Bertz CT molecular complexity index is 869. The average Bonchev–Trinajstić information content (AvgIpc) is 3.24. The van der Waals surface area contributed by atoms with Gasteiger partial charge in [-0.25, -0.2) is 0 Å². The van der Waals surface area contributed by atoms with Gasteiger partial charge in [-0.2, -0.15) is 0 Å². The number of aliphatic carboxylic acids is 1. The molecule has 29 heavy (non-hydrogen) atoms. The Balaban J connectivity index is 1.80. The van der Waals surface area contributed by atoms with E-state index in [1.807, 2.05) is 42.5 Å². The Labute approximate surface area is 170 Å². The van der Waals surface area contributed by atoms with Gasteiger partial charge in [0.25, 0.3) is 0 Å². The molecule has 1 amide bonds. The van der Waals surface area contributed by atoms with Crippen LogP contribution in [-0.2, 0) is 21.4 Å². The van der Waals surface area contributed by atoms with Crippen LogP contribution in [0.3, 0.4) is 0 Å². The summed E-state index contributed by atoms with van der Waals surface area (Å²) in [7, 11) is 3.19. The van der Waals surface area contributed by atoms with Crippen LogP contribution in [0, 0.1) is 0 Å². The number of aryl methyl sites for hydroxylation is 1. The smallest absolute Gasteiger partial charge is 0.303 e. The summed E-state index contributed by atoms with van der Waals surface area (Å²) in [5, 5.41) is 11.9. The maximum absolute atomic E-state index is 13.3. The molecule has 154 valence electrons. The predicted octanol–water partition coefficient (Wildman–Crippen LogP) is 4.17. The molecule has 0 atom stereocenters. The van der Waals surface area contributed by atoms with Crippen LogP contribution in [0.15, 0.2) is 42.5 Å². The second kappa shape index (κ2) is 8.99. The Morgan fingerprint density at radius 1 is 1.00 bits per heavy atom. The molecule has 0 aliphatic heterocycles. The van der Waals surface area contributed by atoms with Crippen LogP contribution in [0.25, 0.3) is 0 Å². The lowest BCUT2D eigenvalue weighted by atomic mass is 9.77. The van der Waals surface area contributed by atoms with Crippen LogP contribution < -0.4 is 14.8 Å². The number of carboxylic acid groups (broad SMARTS) is 1. The molecule has 1 aliphatic rings. The second-order valence-electron chi connectivity index (χ2n) is 7.40. The van der Waals surface area contributed by atoms with Gasteiger partial charge < -0.3 is 19.9 Å². The number of carbonyl (C=O) groups excluding carboxylic acids is 1. The van der Waals surface area contributed by atoms with E-state index < -0.39 is 11.4 Å². The second-order valence-corrected chi connectivity index (χ2v) is 7.40. The van der Waals surface area contributed by atoms with E-state index >= 15 is 0 Å². The SMILES string of the molecule is COc1ccc(C2(C(=O)Nc3ccc(CCC(=O)O)cc3)CCCC2)cc1OC. The average molecular weight is 397 g/mol. The van der Waals surface area contributed by atoms with Crippen LogP contribution >= 0.6 is 0 Å². The van der Waals surface area contributed by atoms with Crippen molar-refractivity contribution in [3.8, 4) is 11.5 Å². The Kier molecular flexibility index (Phi) is 6.42. The van der Waals surface area contributed by atoms with Gasteiger partial charge in [0.05, 0.1) is 19.6 Å². The number of amides is 1. The molecule has 6 heteroatoms. The van der Waals surface area contributed by atoms with Crippen molar-refractivity contribution in [1.29, 1.82) is 0 Å². The number of benzene rings is 2. The maximum atomic E-state index is 13.3. The third kappa shape index (κ3) is 4.53. The molecule has 6 nitrogen and oxygen atoms in total. The molecular formula is C23H27NO5. The molecule has 2 aromatic carbocycles. The minimum atomic E-state index is -0.819. The van der Waals surface area contributed by atoms with E-state index in [1.54, 1.807) is 14.2 Å². The molecule has 3 rings (SSSR count). The minimum absolute atomic E-state index is 0.0273. The number of nitrogens with one attached hydrogen (secondary N) is 1. The van der Waals surface area contributed by atoms with Gasteiger partial charge in [-0.05, 0) is 54.7 Å². The van der Waals surface area contributed by atoms with E-state index in [9.17, 15) is 9.59 Å². The maximum Gasteiger partial charge on any atom is 0.303 e. The lowest BCUT2D eigenvalue weighted by Crippen LogP contribution is -2.38. The number of anilines is 1. The highest BCUT2D eigenvalue weighted by molar-refractivity contribution is 5.99. The van der Waals surface area contributed by atoms with Gasteiger partial charge in [0.15, 0.2) is 11.5 Å². The molecule has 0 radical (unpaired) electrons. The quantitative estimate of drug-likeness (QED) is 0.698. The number of carboxylic acids is 1. The first-order valence-electron chi connectivity index (χ1n) is 9.83. The summed E-state index contributed by atoms with van der Waals surface area (Å²) >= 11 is 0. The topological polar surface area (TPSA) is 84.9 Å². The first-order valence-corrected chi connectivity index (χ1v) is 9.83. The van der Waals surface area contributed by atoms with Gasteiger partial charge in [0.2, 0.25) is 5.91 Å². The minimum Gasteiger partial charge on any atom is -0.493 e. The standard InChI is InChI=1S/C23H27NO5/c1-28-19-11-8-17(15-20(19)29-2)23(13-3-4-14-23)22(27)24-18-9-5-16(6-10-18)7-12-21(25)26/h5-6,8-11,15H,3-4,7,12-14H2,1-2H3,(H,24,27)(H,25,26). The van der Waals surface area contributed by atoms with E-state index in [-0.39, 0.29) is 12.3 Å². The number of hydrogen-bond acceptors (Lipinski definition) is 4. The van der Waals surface area contributed by atoms with Crippen molar-refractivity contribution < 1.29 is 24.2 Å². The zero-order chi connectivity index (χ0) is 20.9. The Hall–Kier alpha value is -3.02. The highest BCUT2D eigenvalue weighted by Crippen LogP contribution is 2.44. The van der Waals surface area contributed by atoms with Gasteiger partial charge in [-0.15, -0.1) is 0 Å². The lowest BCUT2D eigenvalue weighted by molar-refractivity contribution is -0.137. The van der Waals surface area contributed by atoms with Crippen LogP contribution in [0.2, 0.25) is 0 Å². The lowest BCUT2D eigenvalue weighted by Gasteiger charge is -2.29. The van der Waals surface area contributed by atoms with Crippen molar-refractivity contribution in [2.75, 3.05) is 19.5 Å². The van der Waals surface area contributed by atoms with E-state index in [0.717, 1.165) is 36.8 Å². The third-order valence-electron chi connectivity index (χ3n) is 5.67. The number of rotatable bonds is 8. The van der Waals surface area contributed by atoms with Gasteiger partial charge in [0.1, 0.15) is 0 Å². The molecule has 0 bridgehead atoms. The van der Waals surface area contributed by atoms with E-state index in [1.165, 1.54) is 0 Å². The number of methoxy groups -OCH3 is 2. The summed E-state index contributed by atoms with van der Waals surface area (Å²) in [6.07, 6.45) is 4.12. The van der Waals surface area contributed by atoms with Crippen molar-refractivity contribution in [3.05, 3.63) is 53.6 Å². The monoisotopic (exact) mass is 397 g/mol. The summed E-state index contributed by atoms with van der Waals surface area (Å²) in [6, 6.07) is 13.1. The highest BCUT2D eigenvalue weighted by Gasteiger charge is 2.43. The van der Waals surface area contributed by atoms with Gasteiger partial charge >= 0.3 is 5.97 Å². The number of carbonyl (C=O) groups is 2. The van der Waals surface area contributed by atoms with Crippen LogP contribution in [0.4, 0.5) is 5.69 Å². The normalized spacial score (nSPS) is 15.0. The van der Waals surface area contributed by atoms with Crippen LogP contribution in [0.1, 0.15) is 43.2 Å². The van der Waals surface area contributed by atoms with Crippen molar-refractivity contribution in [3.63, 3.8) is 0 Å². The molecule has 0 heterocycles. The molecule has 0 aromatic heterocycles. The molecule has 2 N–H and O–H groups in total. The summed E-state index contributed by atoms with van der Waals surface area (Å²) in [6.45, 7) is 0. The Morgan fingerprint density at radius 2 is 1.66 bits per heavy atom. The van der Waals surface area contributed by atoms with Gasteiger partial charge in [-0.1, -0.05) is 31.0 Å². The fraction of sp³-hybridized carbons (Fsp3) is 0.391. The van der Waals surface area contributed by atoms with Crippen LogP contribution in [-0.4, -0.2) is 31.2 Å². The first-order chi connectivity index (χ1) is 14.0. The summed E-state index contributed by atoms with van der Waals surface area (Å²) in [4.78, 5) is 24.0. The molecule has 2 aromatic rings. The summed E-state index contributed by atoms with van der Waals surface area (Å²) < 4.78 is 10.8. The molecule has 1 aliphatic carbocycles. The fourth-order valence-corrected chi connectivity index (χ4v) is 4.02. The van der Waals surface area contributed by atoms with Crippen molar-refractivity contribution in [1.82, 2.24) is 0 Å². The highest BCUT2D eigenvalue weighted by atomic mass is 16.5. The zero-order valence-corrected chi connectivity index (χ0v) is 16.9. The molecule has 0 unspecified atom stereocenters. The molecule has 0 saturated heterocycles. The summed E-state index contributed by atoms with van der Waals surface area (Å²) in [5.74, 6) is 0.412. The summed E-state index contributed by atoms with van der Waals surface area (Å²) in [5.41, 5.74) is 1.98. The zero-order valence-electron chi connectivity index (χ0n) is 16.9. The molecule has 0 spiro atoms. The number of ether oxygens (including phenoxy) is 2. The van der Waals surface area contributed by atoms with Crippen molar-refractivity contribution in [2.45, 2.75) is 43.9 Å². The van der Waals surface area contributed by atoms with Gasteiger partial charge in [0, 0.05) is 12.1 Å². The van der Waals surface area contributed by atoms with Crippen molar-refractivity contribution >= 4 is 17.6 Å². The fourth-order valence-electron chi connectivity index (χ4n) is 4.02. The molecular weight excluding hydrogens is 370 g/mol. The predicted molar refractivity (Wildman–Crippen MR) is 111 cm³/mol. The van der Waals surface area contributed by atoms with E-state index in [0.29, 0.717) is 23.6 Å². The first kappa shape index (κ1) is 20.7. The van der Waals surface area contributed by atoms with Crippen molar-refractivity contribution in [2.24, 2.45) is 0 Å². The van der Waals surface area contributed by atoms with Gasteiger partial charge in [-0.3, -0.25) is 9.59 Å². The largest absolute Gasteiger partial charge is 0.493 e.